The number of rotatable bonds is 1. The number of hydrogen-bond acceptors (Lipinski definition) is 2. The van der Waals surface area contributed by atoms with Gasteiger partial charge in [-0.2, -0.15) is 0 Å². The van der Waals surface area contributed by atoms with E-state index in [1.807, 2.05) is 0 Å². The van der Waals surface area contributed by atoms with E-state index in [-0.39, 0.29) is 5.69 Å². The lowest BCUT2D eigenvalue weighted by Gasteiger charge is -1.91. The molecule has 2 rings (SSSR count). The third-order valence-corrected chi connectivity index (χ3v) is 1.67. The smallest absolute Gasteiger partial charge is 0.354 e. The van der Waals surface area contributed by atoms with Gasteiger partial charge in [0.1, 0.15) is 5.69 Å². The summed E-state index contributed by atoms with van der Waals surface area (Å²) >= 11 is 0. The van der Waals surface area contributed by atoms with Gasteiger partial charge in [-0.05, 0) is 6.07 Å². The predicted molar refractivity (Wildman–Crippen MR) is 43.1 cm³/mol. The van der Waals surface area contributed by atoms with Crippen molar-refractivity contribution in [2.45, 2.75) is 0 Å². The summed E-state index contributed by atoms with van der Waals surface area (Å²) in [5.74, 6) is -1.00. The Labute approximate surface area is 67.9 Å². The van der Waals surface area contributed by atoms with Crippen molar-refractivity contribution in [1.82, 2.24) is 9.97 Å². The lowest BCUT2D eigenvalue weighted by molar-refractivity contribution is 0.0691. The molecule has 0 atom stereocenters. The minimum Gasteiger partial charge on any atom is -0.477 e. The molecule has 0 aliphatic carbocycles. The van der Waals surface area contributed by atoms with Gasteiger partial charge in [0.25, 0.3) is 0 Å². The first-order valence-electron chi connectivity index (χ1n) is 3.43. The highest BCUT2D eigenvalue weighted by Gasteiger charge is 2.04. The average molecular weight is 162 g/mol. The van der Waals surface area contributed by atoms with Crippen molar-refractivity contribution in [3.8, 4) is 0 Å². The Kier molecular flexibility index (Phi) is 1.33. The van der Waals surface area contributed by atoms with Crippen LogP contribution in [0.4, 0.5) is 0 Å². The molecule has 4 nitrogen and oxygen atoms in total. The number of pyridine rings is 1. The summed E-state index contributed by atoms with van der Waals surface area (Å²) in [4.78, 5) is 17.1. The van der Waals surface area contributed by atoms with E-state index in [9.17, 15) is 4.79 Å². The molecule has 2 aromatic heterocycles. The van der Waals surface area contributed by atoms with Crippen molar-refractivity contribution >= 4 is 16.7 Å². The molecule has 2 N–H and O–H groups in total. The van der Waals surface area contributed by atoms with Crippen LogP contribution in [-0.2, 0) is 0 Å². The Morgan fingerprint density at radius 3 is 2.92 bits per heavy atom. The minimum absolute atomic E-state index is 0.0714. The van der Waals surface area contributed by atoms with Crippen molar-refractivity contribution < 1.29 is 9.90 Å². The topological polar surface area (TPSA) is 66.0 Å². The third-order valence-electron chi connectivity index (χ3n) is 1.67. The van der Waals surface area contributed by atoms with E-state index in [2.05, 4.69) is 9.97 Å². The van der Waals surface area contributed by atoms with Crippen LogP contribution in [0.3, 0.4) is 0 Å². The van der Waals surface area contributed by atoms with Crippen LogP contribution < -0.4 is 0 Å². The fraction of sp³-hybridized carbons (Fsp3) is 0. The molecular weight excluding hydrogens is 156 g/mol. The summed E-state index contributed by atoms with van der Waals surface area (Å²) in [6, 6.07) is 1.54. The Morgan fingerprint density at radius 2 is 2.17 bits per heavy atom. The van der Waals surface area contributed by atoms with Gasteiger partial charge >= 0.3 is 5.97 Å². The van der Waals surface area contributed by atoms with Crippen LogP contribution >= 0.6 is 0 Å². The molecule has 4 heteroatoms. The molecule has 2 aromatic rings. The first-order chi connectivity index (χ1) is 5.77. The van der Waals surface area contributed by atoms with E-state index in [4.69, 9.17) is 5.11 Å². The predicted octanol–water partition coefficient (Wildman–Crippen LogP) is 1.26. The summed E-state index contributed by atoms with van der Waals surface area (Å²) < 4.78 is 0. The van der Waals surface area contributed by atoms with E-state index in [1.54, 1.807) is 12.4 Å². The maximum atomic E-state index is 10.5. The first-order valence-corrected chi connectivity index (χ1v) is 3.43. The maximum absolute atomic E-state index is 10.5. The first kappa shape index (κ1) is 6.84. The van der Waals surface area contributed by atoms with Gasteiger partial charge in [0.2, 0.25) is 0 Å². The molecule has 0 unspecified atom stereocenters. The zero-order valence-electron chi connectivity index (χ0n) is 6.11. The van der Waals surface area contributed by atoms with Gasteiger partial charge in [-0.15, -0.1) is 0 Å². The minimum atomic E-state index is -1.00. The van der Waals surface area contributed by atoms with Crippen molar-refractivity contribution in [3.63, 3.8) is 0 Å². The highest BCUT2D eigenvalue weighted by molar-refractivity contribution is 5.91. The van der Waals surface area contributed by atoms with Gasteiger partial charge in [-0.3, -0.25) is 0 Å². The molecule has 0 saturated carbocycles. The number of fused-ring (bicyclic) bond motifs is 1. The van der Waals surface area contributed by atoms with Gasteiger partial charge in [-0.25, -0.2) is 9.78 Å². The molecule has 0 bridgehead atoms. The molecule has 60 valence electrons. The SMILES string of the molecule is O=C(O)c1cc2c[nH]cc2cn1. The van der Waals surface area contributed by atoms with Gasteiger partial charge in [-0.1, -0.05) is 0 Å². The van der Waals surface area contributed by atoms with Crippen LogP contribution in [0, 0.1) is 0 Å². The van der Waals surface area contributed by atoms with Gasteiger partial charge in [0.15, 0.2) is 0 Å². The highest BCUT2D eigenvalue weighted by Crippen LogP contribution is 2.12. The number of carbonyl (C=O) groups is 1. The number of aromatic amines is 1. The summed E-state index contributed by atoms with van der Waals surface area (Å²) in [5.41, 5.74) is 0.0714. The van der Waals surface area contributed by atoms with E-state index in [0.29, 0.717) is 0 Å². The second-order valence-electron chi connectivity index (χ2n) is 2.46. The summed E-state index contributed by atoms with van der Waals surface area (Å²) in [7, 11) is 0. The average Bonchev–Trinajstić information content (AvgIpc) is 2.49. The highest BCUT2D eigenvalue weighted by atomic mass is 16.4. The van der Waals surface area contributed by atoms with Crippen molar-refractivity contribution in [2.24, 2.45) is 0 Å². The molecule has 0 aliphatic heterocycles. The number of aromatic carboxylic acids is 1. The summed E-state index contributed by atoms with van der Waals surface area (Å²) in [5, 5.41) is 10.4. The Balaban J connectivity index is 2.68. The second kappa shape index (κ2) is 2.34. The van der Waals surface area contributed by atoms with E-state index < -0.39 is 5.97 Å². The van der Waals surface area contributed by atoms with Gasteiger partial charge in [0.05, 0.1) is 0 Å². The molecule has 0 radical (unpaired) electrons. The standard InChI is InChI=1S/C8H6N2O2/c11-8(12)7-1-5-2-9-3-6(5)4-10-7/h1-4,9H,(H,11,12). The molecule has 0 amide bonds. The van der Waals surface area contributed by atoms with Gasteiger partial charge < -0.3 is 10.1 Å². The quantitative estimate of drug-likeness (QED) is 0.663. The molecule has 2 heterocycles. The monoisotopic (exact) mass is 162 g/mol. The van der Waals surface area contributed by atoms with Crippen molar-refractivity contribution in [3.05, 3.63) is 30.4 Å². The normalized spacial score (nSPS) is 10.3. The Hall–Kier alpha value is -1.84. The maximum Gasteiger partial charge on any atom is 0.354 e. The van der Waals surface area contributed by atoms with Crippen molar-refractivity contribution in [1.29, 1.82) is 0 Å². The molecular formula is C8H6N2O2. The van der Waals surface area contributed by atoms with Crippen LogP contribution in [0.1, 0.15) is 10.5 Å². The van der Waals surface area contributed by atoms with E-state index >= 15 is 0 Å². The number of carboxylic acid groups (broad SMARTS) is 1. The number of nitrogens with one attached hydrogen (secondary N) is 1. The van der Waals surface area contributed by atoms with Crippen LogP contribution in [0.5, 0.6) is 0 Å². The Bertz CT molecular complexity index is 433. The lowest BCUT2D eigenvalue weighted by Crippen LogP contribution is -1.98. The largest absolute Gasteiger partial charge is 0.477 e. The molecule has 0 aliphatic rings. The van der Waals surface area contributed by atoms with E-state index in [1.165, 1.54) is 12.3 Å². The molecule has 0 fully saturated rings. The number of nitrogens with zero attached hydrogens (tertiary/aromatic N) is 1. The zero-order chi connectivity index (χ0) is 8.55. The lowest BCUT2D eigenvalue weighted by atomic mass is 10.2. The van der Waals surface area contributed by atoms with Crippen LogP contribution in [0.25, 0.3) is 10.8 Å². The van der Waals surface area contributed by atoms with Crippen LogP contribution in [-0.4, -0.2) is 21.0 Å². The van der Waals surface area contributed by atoms with Crippen LogP contribution in [0.15, 0.2) is 24.7 Å². The fourth-order valence-electron chi connectivity index (χ4n) is 1.07. The molecule has 12 heavy (non-hydrogen) atoms. The second-order valence-corrected chi connectivity index (χ2v) is 2.46. The van der Waals surface area contributed by atoms with Crippen molar-refractivity contribution in [2.75, 3.05) is 0 Å². The third kappa shape index (κ3) is 0.934. The summed E-state index contributed by atoms with van der Waals surface area (Å²) in [6.45, 7) is 0. The Morgan fingerprint density at radius 1 is 1.42 bits per heavy atom. The number of H-pyrrole nitrogens is 1. The molecule has 0 saturated heterocycles. The van der Waals surface area contributed by atoms with Gasteiger partial charge in [0, 0.05) is 29.4 Å². The zero-order valence-corrected chi connectivity index (χ0v) is 6.11. The number of hydrogen-bond donors (Lipinski definition) is 2. The summed E-state index contributed by atoms with van der Waals surface area (Å²) in [6.07, 6.45) is 5.05. The van der Waals surface area contributed by atoms with Crippen LogP contribution in [0.2, 0.25) is 0 Å². The van der Waals surface area contributed by atoms with E-state index in [0.717, 1.165) is 10.8 Å². The fourth-order valence-corrected chi connectivity index (χ4v) is 1.07. The molecule has 0 spiro atoms. The number of aromatic nitrogens is 2. The molecule has 0 aromatic carbocycles. The number of carboxylic acids is 1.